The van der Waals surface area contributed by atoms with E-state index >= 15 is 0 Å². The third kappa shape index (κ3) is 4.71. The van der Waals surface area contributed by atoms with E-state index in [0.29, 0.717) is 41.5 Å². The minimum atomic E-state index is -0.833. The Balaban J connectivity index is 1.83. The first kappa shape index (κ1) is 23.2. The molecule has 0 radical (unpaired) electrons. The zero-order chi connectivity index (χ0) is 24.2. The van der Waals surface area contributed by atoms with Crippen LogP contribution in [0.25, 0.3) is 0 Å². The lowest BCUT2D eigenvalue weighted by Crippen LogP contribution is -2.39. The van der Waals surface area contributed by atoms with E-state index in [-0.39, 0.29) is 12.1 Å². The summed E-state index contributed by atoms with van der Waals surface area (Å²) in [5, 5.41) is 2.74. The molecule has 4 rings (SSSR count). The van der Waals surface area contributed by atoms with Gasteiger partial charge in [0, 0.05) is 16.8 Å². The normalized spacial score (nSPS) is 15.2. The van der Waals surface area contributed by atoms with Gasteiger partial charge in [0.2, 0.25) is 5.91 Å². The van der Waals surface area contributed by atoms with Crippen LogP contribution in [0.5, 0.6) is 11.5 Å². The monoisotopic (exact) mass is 466 g/mol. The van der Waals surface area contributed by atoms with Gasteiger partial charge in [-0.2, -0.15) is 0 Å². The van der Waals surface area contributed by atoms with Crippen molar-refractivity contribution >= 4 is 17.5 Å². The summed E-state index contributed by atoms with van der Waals surface area (Å²) in [6, 6.07) is 13.5. The quantitative estimate of drug-likeness (QED) is 0.559. The third-order valence-corrected chi connectivity index (χ3v) is 5.44. The molecule has 3 aromatic rings. The molecular weight excluding hydrogens is 442 g/mol. The van der Waals surface area contributed by atoms with Gasteiger partial charge < -0.3 is 19.7 Å². The summed E-state index contributed by atoms with van der Waals surface area (Å²) < 4.78 is 39.2. The van der Waals surface area contributed by atoms with Crippen LogP contribution >= 0.6 is 0 Å². The van der Waals surface area contributed by atoms with E-state index in [9.17, 15) is 18.4 Å². The third-order valence-electron chi connectivity index (χ3n) is 5.44. The maximum absolute atomic E-state index is 14.3. The fraction of sp³-hybridized carbons (Fsp3) is 0.231. The summed E-state index contributed by atoms with van der Waals surface area (Å²) in [5.74, 6) is -0.963. The van der Waals surface area contributed by atoms with E-state index in [1.165, 1.54) is 47.4 Å². The van der Waals surface area contributed by atoms with Crippen LogP contribution in [0, 0.1) is 11.6 Å². The molecule has 0 saturated heterocycles. The second-order valence-electron chi connectivity index (χ2n) is 7.69. The summed E-state index contributed by atoms with van der Waals surface area (Å²) in [4.78, 5) is 27.8. The van der Waals surface area contributed by atoms with Crippen LogP contribution in [-0.2, 0) is 4.79 Å². The average Bonchev–Trinajstić information content (AvgIpc) is 2.96. The molecule has 2 amide bonds. The zero-order valence-corrected chi connectivity index (χ0v) is 18.8. The first-order chi connectivity index (χ1) is 16.4. The number of anilines is 1. The van der Waals surface area contributed by atoms with Crippen molar-refractivity contribution in [2.24, 2.45) is 0 Å². The van der Waals surface area contributed by atoms with E-state index in [1.54, 1.807) is 18.2 Å². The summed E-state index contributed by atoms with van der Waals surface area (Å²) in [7, 11) is 0. The summed E-state index contributed by atoms with van der Waals surface area (Å²) >= 11 is 0. The van der Waals surface area contributed by atoms with Crippen LogP contribution in [0.15, 0.2) is 60.7 Å². The number of ether oxygens (including phenoxy) is 2. The molecule has 0 aromatic heterocycles. The van der Waals surface area contributed by atoms with Crippen molar-refractivity contribution < 1.29 is 27.8 Å². The number of halogens is 2. The molecule has 0 bridgehead atoms. The van der Waals surface area contributed by atoms with E-state index < -0.39 is 29.5 Å². The number of hydrogen-bond acceptors (Lipinski definition) is 4. The van der Waals surface area contributed by atoms with Crippen molar-refractivity contribution in [1.82, 2.24) is 4.90 Å². The summed E-state index contributed by atoms with van der Waals surface area (Å²) in [6.45, 7) is 4.17. The SMILES string of the molecule is CCOc1ccc(C(=O)N2CC(=O)Nc3ccc(F)cc3[C@@H]2c2ccc(F)cc2)cc1OCC. The van der Waals surface area contributed by atoms with E-state index in [0.717, 1.165) is 0 Å². The Bertz CT molecular complexity index is 1210. The fourth-order valence-electron chi connectivity index (χ4n) is 4.02. The molecule has 6 nitrogen and oxygen atoms in total. The fourth-order valence-corrected chi connectivity index (χ4v) is 4.02. The molecule has 0 aliphatic carbocycles. The van der Waals surface area contributed by atoms with Crippen molar-refractivity contribution in [2.45, 2.75) is 19.9 Å². The van der Waals surface area contributed by atoms with Gasteiger partial charge in [-0.05, 0) is 67.9 Å². The number of amides is 2. The molecule has 3 aromatic carbocycles. The van der Waals surface area contributed by atoms with E-state index in [2.05, 4.69) is 5.32 Å². The van der Waals surface area contributed by atoms with Crippen LogP contribution in [-0.4, -0.2) is 36.5 Å². The van der Waals surface area contributed by atoms with Crippen LogP contribution < -0.4 is 14.8 Å². The van der Waals surface area contributed by atoms with Gasteiger partial charge in [-0.15, -0.1) is 0 Å². The highest BCUT2D eigenvalue weighted by atomic mass is 19.1. The molecular formula is C26H24F2N2O4. The Kier molecular flexibility index (Phi) is 6.77. The van der Waals surface area contributed by atoms with Crippen LogP contribution in [0.1, 0.15) is 41.4 Å². The molecule has 34 heavy (non-hydrogen) atoms. The van der Waals surface area contributed by atoms with Crippen molar-refractivity contribution in [3.8, 4) is 11.5 Å². The van der Waals surface area contributed by atoms with Gasteiger partial charge in [-0.3, -0.25) is 9.59 Å². The number of hydrogen-bond donors (Lipinski definition) is 1. The number of carbonyl (C=O) groups excluding carboxylic acids is 2. The Morgan fingerprint density at radius 3 is 2.32 bits per heavy atom. The van der Waals surface area contributed by atoms with Gasteiger partial charge in [0.15, 0.2) is 11.5 Å². The average molecular weight is 466 g/mol. The van der Waals surface area contributed by atoms with Crippen LogP contribution in [0.3, 0.4) is 0 Å². The standard InChI is InChI=1S/C26H24F2N2O4/c1-3-33-22-12-7-17(13-23(22)34-4-2)26(32)30-15-24(31)29-21-11-10-19(28)14-20(21)25(30)16-5-8-18(27)9-6-16/h5-14,25H,3-4,15H2,1-2H3,(H,29,31)/t25-/m0/s1. The van der Waals surface area contributed by atoms with Gasteiger partial charge in [0.1, 0.15) is 18.2 Å². The van der Waals surface area contributed by atoms with Gasteiger partial charge in [0.25, 0.3) is 5.91 Å². The summed E-state index contributed by atoms with van der Waals surface area (Å²) in [5.41, 5.74) is 1.58. The predicted octanol–water partition coefficient (Wildman–Crippen LogP) is 4.95. The number of nitrogens with one attached hydrogen (secondary N) is 1. The van der Waals surface area contributed by atoms with Gasteiger partial charge in [-0.1, -0.05) is 12.1 Å². The number of fused-ring (bicyclic) bond motifs is 1. The van der Waals surface area contributed by atoms with Crippen molar-refractivity contribution in [3.63, 3.8) is 0 Å². The highest BCUT2D eigenvalue weighted by molar-refractivity contribution is 6.01. The van der Waals surface area contributed by atoms with E-state index in [1.807, 2.05) is 13.8 Å². The molecule has 0 unspecified atom stereocenters. The lowest BCUT2D eigenvalue weighted by atomic mass is 9.95. The highest BCUT2D eigenvalue weighted by Gasteiger charge is 2.34. The number of nitrogens with zero attached hydrogens (tertiary/aromatic N) is 1. The maximum atomic E-state index is 14.3. The Morgan fingerprint density at radius 2 is 1.62 bits per heavy atom. The maximum Gasteiger partial charge on any atom is 0.255 e. The zero-order valence-electron chi connectivity index (χ0n) is 18.8. The molecule has 1 aliphatic rings. The molecule has 0 fully saturated rings. The smallest absolute Gasteiger partial charge is 0.255 e. The lowest BCUT2D eigenvalue weighted by molar-refractivity contribution is -0.117. The Morgan fingerprint density at radius 1 is 0.941 bits per heavy atom. The van der Waals surface area contributed by atoms with Gasteiger partial charge in [-0.25, -0.2) is 8.78 Å². The lowest BCUT2D eigenvalue weighted by Gasteiger charge is -2.31. The van der Waals surface area contributed by atoms with Crippen LogP contribution in [0.2, 0.25) is 0 Å². The topological polar surface area (TPSA) is 67.9 Å². The summed E-state index contributed by atoms with van der Waals surface area (Å²) in [6.07, 6.45) is 0. The van der Waals surface area contributed by atoms with Gasteiger partial charge >= 0.3 is 0 Å². The Hall–Kier alpha value is -3.94. The second-order valence-corrected chi connectivity index (χ2v) is 7.69. The first-order valence-electron chi connectivity index (χ1n) is 11.0. The van der Waals surface area contributed by atoms with Crippen molar-refractivity contribution in [3.05, 3.63) is 89.0 Å². The minimum absolute atomic E-state index is 0.270. The molecule has 1 N–H and O–H groups in total. The largest absolute Gasteiger partial charge is 0.490 e. The van der Waals surface area contributed by atoms with Crippen LogP contribution in [0.4, 0.5) is 14.5 Å². The van der Waals surface area contributed by atoms with Gasteiger partial charge in [0.05, 0.1) is 19.3 Å². The first-order valence-corrected chi connectivity index (χ1v) is 11.0. The van der Waals surface area contributed by atoms with Crippen molar-refractivity contribution in [2.75, 3.05) is 25.1 Å². The number of rotatable bonds is 6. The highest BCUT2D eigenvalue weighted by Crippen LogP contribution is 2.38. The van der Waals surface area contributed by atoms with E-state index in [4.69, 9.17) is 9.47 Å². The second kappa shape index (κ2) is 9.91. The number of benzene rings is 3. The molecule has 1 heterocycles. The molecule has 1 atom stereocenters. The molecule has 0 spiro atoms. The molecule has 8 heteroatoms. The Labute approximate surface area is 196 Å². The van der Waals surface area contributed by atoms with Crippen molar-refractivity contribution in [1.29, 1.82) is 0 Å². The molecule has 176 valence electrons. The molecule has 1 aliphatic heterocycles. The predicted molar refractivity (Wildman–Crippen MR) is 123 cm³/mol. The number of carbonyl (C=O) groups is 2. The molecule has 0 saturated carbocycles. The minimum Gasteiger partial charge on any atom is -0.490 e.